The van der Waals surface area contributed by atoms with E-state index in [1.807, 2.05) is 48.5 Å². The summed E-state index contributed by atoms with van der Waals surface area (Å²) in [5.41, 5.74) is 14.2. The Balaban J connectivity index is 1.07. The summed E-state index contributed by atoms with van der Waals surface area (Å²) >= 11 is 0. The highest BCUT2D eigenvalue weighted by Gasteiger charge is 2.28. The Hall–Kier alpha value is -8.02. The minimum Gasteiger partial charge on any atom is -0.453 e. The van der Waals surface area contributed by atoms with E-state index in [1.165, 1.54) is 10.8 Å². The number of hydrogen-bond donors (Lipinski definition) is 0. The Bertz CT molecular complexity index is 2970. The molecule has 0 fully saturated rings. The molecule has 0 radical (unpaired) electrons. The number of para-hydroxylation sites is 11. The van der Waals surface area contributed by atoms with Gasteiger partial charge in [0.1, 0.15) is 0 Å². The Morgan fingerprint density at radius 2 is 0.644 bits per heavy atom. The molecular formula is C54H35N3O2. The third-order valence-electron chi connectivity index (χ3n) is 11.5. The van der Waals surface area contributed by atoms with Gasteiger partial charge in [0.05, 0.1) is 33.8 Å². The molecule has 0 aliphatic carbocycles. The molecular weight excluding hydrogens is 723 g/mol. The average Bonchev–Trinajstić information content (AvgIpc) is 3.65. The van der Waals surface area contributed by atoms with Crippen LogP contribution in [0, 0.1) is 0 Å². The fourth-order valence-electron chi connectivity index (χ4n) is 9.01. The van der Waals surface area contributed by atoms with Gasteiger partial charge in [0.2, 0.25) is 0 Å². The molecule has 0 saturated carbocycles. The van der Waals surface area contributed by atoms with E-state index in [9.17, 15) is 0 Å². The van der Waals surface area contributed by atoms with Gasteiger partial charge >= 0.3 is 0 Å². The van der Waals surface area contributed by atoms with Gasteiger partial charge in [-0.05, 0) is 96.1 Å². The lowest BCUT2D eigenvalue weighted by molar-refractivity contribution is 0.477. The van der Waals surface area contributed by atoms with Crippen LogP contribution in [0.1, 0.15) is 0 Å². The highest BCUT2D eigenvalue weighted by Crippen LogP contribution is 2.53. The van der Waals surface area contributed by atoms with Crippen molar-refractivity contribution in [2.45, 2.75) is 0 Å². The highest BCUT2D eigenvalue weighted by molar-refractivity contribution is 6.17. The molecule has 0 N–H and O–H groups in total. The Labute approximate surface area is 341 Å². The predicted molar refractivity (Wildman–Crippen MR) is 241 cm³/mol. The molecule has 59 heavy (non-hydrogen) atoms. The number of fused-ring (bicyclic) bond motifs is 7. The molecule has 0 amide bonds. The number of hydrogen-bond acceptors (Lipinski definition) is 4. The van der Waals surface area contributed by atoms with Crippen molar-refractivity contribution < 1.29 is 9.47 Å². The monoisotopic (exact) mass is 757 g/mol. The van der Waals surface area contributed by atoms with E-state index >= 15 is 0 Å². The molecule has 3 heterocycles. The Morgan fingerprint density at radius 1 is 0.288 bits per heavy atom. The molecule has 0 unspecified atom stereocenters. The largest absolute Gasteiger partial charge is 0.453 e. The standard InChI is InChI=1S/C54H35N3O2/c1-2-18-38(19-3-1)57-53-41(36-16-12-20-39(34-36)55-45-26-4-8-30-49(45)58-50-31-9-5-27-46(50)55)22-14-24-43(53)44-25-15-23-42(54(44)57)37-17-13-21-40(35-37)56-47-28-6-10-32-51(47)59-52-33-11-7-29-48(52)56/h1-35H. The van der Waals surface area contributed by atoms with Crippen LogP contribution in [-0.4, -0.2) is 4.57 Å². The van der Waals surface area contributed by atoms with Crippen molar-refractivity contribution in [3.8, 4) is 50.9 Å². The minimum absolute atomic E-state index is 0.835. The number of ether oxygens (including phenoxy) is 2. The predicted octanol–water partition coefficient (Wildman–Crippen LogP) is 15.3. The smallest absolute Gasteiger partial charge is 0.151 e. The second-order valence-electron chi connectivity index (χ2n) is 14.9. The van der Waals surface area contributed by atoms with E-state index < -0.39 is 0 Å². The van der Waals surface area contributed by atoms with Crippen molar-refractivity contribution in [2.24, 2.45) is 0 Å². The first-order valence-corrected chi connectivity index (χ1v) is 19.9. The zero-order valence-electron chi connectivity index (χ0n) is 31.9. The van der Waals surface area contributed by atoms with Crippen LogP contribution in [0.25, 0.3) is 49.7 Å². The fourth-order valence-corrected chi connectivity index (χ4v) is 9.01. The average molecular weight is 758 g/mol. The normalized spacial score (nSPS) is 12.6. The van der Waals surface area contributed by atoms with Gasteiger partial charge in [-0.1, -0.05) is 127 Å². The van der Waals surface area contributed by atoms with Crippen molar-refractivity contribution in [3.05, 3.63) is 212 Å². The molecule has 0 saturated heterocycles. The molecule has 12 rings (SSSR count). The molecule has 0 bridgehead atoms. The summed E-state index contributed by atoms with van der Waals surface area (Å²) in [4.78, 5) is 4.61. The van der Waals surface area contributed by atoms with Crippen LogP contribution in [-0.2, 0) is 0 Å². The van der Waals surface area contributed by atoms with Crippen LogP contribution in [0.5, 0.6) is 23.0 Å². The summed E-state index contributed by atoms with van der Waals surface area (Å²) in [5, 5.41) is 2.39. The summed E-state index contributed by atoms with van der Waals surface area (Å²) in [6.07, 6.45) is 0. The molecule has 1 aromatic heterocycles. The van der Waals surface area contributed by atoms with Gasteiger partial charge in [0.25, 0.3) is 0 Å². The molecule has 2 aliphatic heterocycles. The van der Waals surface area contributed by atoms with E-state index in [2.05, 4.69) is 178 Å². The van der Waals surface area contributed by atoms with Crippen molar-refractivity contribution in [1.29, 1.82) is 0 Å². The van der Waals surface area contributed by atoms with Crippen molar-refractivity contribution in [1.82, 2.24) is 4.57 Å². The maximum absolute atomic E-state index is 6.37. The van der Waals surface area contributed by atoms with Crippen molar-refractivity contribution >= 4 is 55.9 Å². The number of anilines is 6. The van der Waals surface area contributed by atoms with E-state index in [0.29, 0.717) is 0 Å². The summed E-state index contributed by atoms with van der Waals surface area (Å²) in [6, 6.07) is 75.0. The summed E-state index contributed by atoms with van der Waals surface area (Å²) in [6.45, 7) is 0. The maximum Gasteiger partial charge on any atom is 0.151 e. The van der Waals surface area contributed by atoms with Gasteiger partial charge in [-0.25, -0.2) is 0 Å². The second kappa shape index (κ2) is 13.3. The lowest BCUT2D eigenvalue weighted by Crippen LogP contribution is -2.15. The molecule has 278 valence electrons. The zero-order chi connectivity index (χ0) is 38.9. The van der Waals surface area contributed by atoms with Crippen LogP contribution in [0.4, 0.5) is 34.1 Å². The lowest BCUT2D eigenvalue weighted by atomic mass is 9.99. The number of benzene rings is 9. The lowest BCUT2D eigenvalue weighted by Gasteiger charge is -2.33. The molecule has 5 nitrogen and oxygen atoms in total. The molecule has 5 heteroatoms. The molecule has 9 aromatic carbocycles. The van der Waals surface area contributed by atoms with Crippen LogP contribution < -0.4 is 19.3 Å². The third kappa shape index (κ3) is 5.25. The van der Waals surface area contributed by atoms with Gasteiger partial charge < -0.3 is 23.8 Å². The quantitative estimate of drug-likeness (QED) is 0.175. The van der Waals surface area contributed by atoms with Crippen LogP contribution in [0.2, 0.25) is 0 Å². The summed E-state index contributed by atoms with van der Waals surface area (Å²) in [7, 11) is 0. The first kappa shape index (κ1) is 33.2. The van der Waals surface area contributed by atoms with E-state index in [1.54, 1.807) is 0 Å². The second-order valence-corrected chi connectivity index (χ2v) is 14.9. The summed E-state index contributed by atoms with van der Waals surface area (Å²) < 4.78 is 15.2. The van der Waals surface area contributed by atoms with Gasteiger partial charge in [-0.2, -0.15) is 0 Å². The van der Waals surface area contributed by atoms with Crippen molar-refractivity contribution in [3.63, 3.8) is 0 Å². The van der Waals surface area contributed by atoms with Gasteiger partial charge in [0.15, 0.2) is 23.0 Å². The maximum atomic E-state index is 6.37. The van der Waals surface area contributed by atoms with Gasteiger partial charge in [-0.3, -0.25) is 0 Å². The molecule has 0 spiro atoms. The Kier molecular flexibility index (Phi) is 7.47. The summed E-state index contributed by atoms with van der Waals surface area (Å²) in [5.74, 6) is 3.34. The Morgan fingerprint density at radius 3 is 1.07 bits per heavy atom. The van der Waals surface area contributed by atoms with E-state index in [0.717, 1.165) is 96.1 Å². The SMILES string of the molecule is c1ccc(-n2c3c(-c4cccc(N5c6ccccc6Oc6ccccc65)c4)cccc3c3cccc(-c4cccc(N5c6ccccc6Oc6ccccc65)c4)c32)cc1. The zero-order valence-corrected chi connectivity index (χ0v) is 31.9. The number of aromatic nitrogens is 1. The van der Waals surface area contributed by atoms with Gasteiger partial charge in [0, 0.05) is 39.0 Å². The number of rotatable bonds is 5. The molecule has 2 aliphatic rings. The van der Waals surface area contributed by atoms with E-state index in [-0.39, 0.29) is 0 Å². The minimum atomic E-state index is 0.835. The fraction of sp³-hybridized carbons (Fsp3) is 0. The van der Waals surface area contributed by atoms with Crippen LogP contribution in [0.15, 0.2) is 212 Å². The highest BCUT2D eigenvalue weighted by atomic mass is 16.5. The van der Waals surface area contributed by atoms with E-state index in [4.69, 9.17) is 9.47 Å². The number of nitrogens with zero attached hydrogens (tertiary/aromatic N) is 3. The van der Waals surface area contributed by atoms with Crippen LogP contribution in [0.3, 0.4) is 0 Å². The molecule has 10 aromatic rings. The molecule has 0 atom stereocenters. The topological polar surface area (TPSA) is 29.9 Å². The third-order valence-corrected chi connectivity index (χ3v) is 11.5. The first-order chi connectivity index (χ1) is 29.3. The van der Waals surface area contributed by atoms with Crippen molar-refractivity contribution in [2.75, 3.05) is 9.80 Å². The van der Waals surface area contributed by atoms with Gasteiger partial charge in [-0.15, -0.1) is 0 Å². The first-order valence-electron chi connectivity index (χ1n) is 19.9. The van der Waals surface area contributed by atoms with Crippen LogP contribution >= 0.6 is 0 Å².